The number of benzene rings is 2. The topological polar surface area (TPSA) is 77.7 Å². The van der Waals surface area contributed by atoms with Crippen LogP contribution in [0.4, 0.5) is 0 Å². The summed E-state index contributed by atoms with van der Waals surface area (Å²) < 4.78 is 1.17. The molecule has 0 radical (unpaired) electrons. The molecule has 0 N–H and O–H groups in total. The second-order valence-electron chi connectivity index (χ2n) is 9.52. The maximum Gasteiger partial charge on any atom is 0.248 e. The lowest BCUT2D eigenvalue weighted by atomic mass is 9.84. The number of hydrogen-bond acceptors (Lipinski definition) is 6. The highest BCUT2D eigenvalue weighted by atomic mass is 35.5. The van der Waals surface area contributed by atoms with Gasteiger partial charge in [0.05, 0.1) is 12.1 Å². The van der Waals surface area contributed by atoms with Gasteiger partial charge in [-0.2, -0.15) is 5.11 Å². The highest BCUT2D eigenvalue weighted by Gasteiger charge is 2.50. The zero-order valence-corrected chi connectivity index (χ0v) is 21.8. The molecule has 0 aliphatic carbocycles. The summed E-state index contributed by atoms with van der Waals surface area (Å²) in [6, 6.07) is 15.7. The lowest BCUT2D eigenvalue weighted by molar-refractivity contribution is -0.164. The Morgan fingerprint density at radius 2 is 1.97 bits per heavy atom. The molecule has 0 bridgehead atoms. The Morgan fingerprint density at radius 1 is 1.17 bits per heavy atom. The van der Waals surface area contributed by atoms with Crippen LogP contribution in [0.3, 0.4) is 0 Å². The van der Waals surface area contributed by atoms with E-state index in [4.69, 9.17) is 11.6 Å². The SMILES string of the molecule is CC1(C(=O)N(CCCC2=NN=NC2)Cc2ccc(Cl)cc2)CCN1C(=O)Cc1csc2ccccc12. The van der Waals surface area contributed by atoms with Crippen molar-refractivity contribution in [2.45, 2.75) is 44.7 Å². The zero-order chi connectivity index (χ0) is 25.1. The van der Waals surface area contributed by atoms with E-state index >= 15 is 0 Å². The van der Waals surface area contributed by atoms with Crippen LogP contribution in [0.25, 0.3) is 10.1 Å². The van der Waals surface area contributed by atoms with Crippen LogP contribution < -0.4 is 0 Å². The molecule has 2 aliphatic heterocycles. The molecule has 5 rings (SSSR count). The average molecular weight is 522 g/mol. The van der Waals surface area contributed by atoms with E-state index < -0.39 is 5.54 Å². The predicted molar refractivity (Wildman–Crippen MR) is 144 cm³/mol. The van der Waals surface area contributed by atoms with Crippen molar-refractivity contribution in [3.63, 3.8) is 0 Å². The third-order valence-electron chi connectivity index (χ3n) is 7.05. The lowest BCUT2D eigenvalue weighted by Crippen LogP contribution is -2.68. The van der Waals surface area contributed by atoms with Gasteiger partial charge in [0, 0.05) is 29.4 Å². The van der Waals surface area contributed by atoms with Crippen molar-refractivity contribution < 1.29 is 9.59 Å². The van der Waals surface area contributed by atoms with Crippen LogP contribution in [0, 0.1) is 0 Å². The van der Waals surface area contributed by atoms with E-state index in [0.717, 1.165) is 35.1 Å². The molecule has 0 saturated carbocycles. The summed E-state index contributed by atoms with van der Waals surface area (Å²) in [5.74, 6) is -0.0226. The Kier molecular flexibility index (Phi) is 7.16. The Hall–Kier alpha value is -3.10. The second kappa shape index (κ2) is 10.5. The number of halogens is 1. The molecule has 1 saturated heterocycles. The smallest absolute Gasteiger partial charge is 0.248 e. The normalized spacial score (nSPS) is 18.8. The fourth-order valence-electron chi connectivity index (χ4n) is 4.86. The van der Waals surface area contributed by atoms with Gasteiger partial charge < -0.3 is 9.80 Å². The summed E-state index contributed by atoms with van der Waals surface area (Å²) in [6.45, 7) is 4.05. The molecule has 9 heteroatoms. The molecule has 2 amide bonds. The van der Waals surface area contributed by atoms with Crippen molar-refractivity contribution in [2.24, 2.45) is 15.4 Å². The minimum Gasteiger partial charge on any atom is -0.336 e. The van der Waals surface area contributed by atoms with Gasteiger partial charge in [-0.1, -0.05) is 41.9 Å². The third-order valence-corrected chi connectivity index (χ3v) is 8.32. The molecule has 36 heavy (non-hydrogen) atoms. The van der Waals surface area contributed by atoms with Gasteiger partial charge in [0.25, 0.3) is 0 Å². The van der Waals surface area contributed by atoms with E-state index in [0.29, 0.717) is 44.0 Å². The summed E-state index contributed by atoms with van der Waals surface area (Å²) >= 11 is 7.71. The fourth-order valence-corrected chi connectivity index (χ4v) is 5.94. The van der Waals surface area contributed by atoms with Gasteiger partial charge in [-0.05, 0) is 71.5 Å². The number of likely N-dealkylation sites (tertiary alicyclic amines) is 1. The van der Waals surface area contributed by atoms with E-state index in [2.05, 4.69) is 33.0 Å². The number of carbonyl (C=O) groups excluding carboxylic acids is 2. The number of nitrogens with zero attached hydrogens (tertiary/aromatic N) is 5. The van der Waals surface area contributed by atoms with Gasteiger partial charge in [-0.25, -0.2) is 0 Å². The van der Waals surface area contributed by atoms with Crippen LogP contribution in [0.2, 0.25) is 5.02 Å². The Bertz CT molecular complexity index is 1340. The molecule has 1 aromatic heterocycles. The minimum atomic E-state index is -0.842. The molecular weight excluding hydrogens is 494 g/mol. The van der Waals surface area contributed by atoms with Crippen LogP contribution in [0.15, 0.2) is 69.3 Å². The summed E-state index contributed by atoms with van der Waals surface area (Å²) in [5.41, 5.74) is 2.11. The van der Waals surface area contributed by atoms with Crippen molar-refractivity contribution in [2.75, 3.05) is 19.6 Å². The summed E-state index contributed by atoms with van der Waals surface area (Å²) in [4.78, 5) is 30.9. The summed E-state index contributed by atoms with van der Waals surface area (Å²) in [5, 5.41) is 15.5. The summed E-state index contributed by atoms with van der Waals surface area (Å²) in [7, 11) is 0. The van der Waals surface area contributed by atoms with Crippen molar-refractivity contribution in [1.29, 1.82) is 0 Å². The molecule has 3 aromatic rings. The van der Waals surface area contributed by atoms with E-state index in [9.17, 15) is 9.59 Å². The monoisotopic (exact) mass is 521 g/mol. The first-order valence-electron chi connectivity index (χ1n) is 12.2. The van der Waals surface area contributed by atoms with E-state index in [-0.39, 0.29) is 11.8 Å². The van der Waals surface area contributed by atoms with Crippen LogP contribution in [-0.2, 0) is 22.6 Å². The van der Waals surface area contributed by atoms with Crippen LogP contribution in [0.1, 0.15) is 37.3 Å². The fraction of sp³-hybridized carbons (Fsp3) is 0.370. The molecule has 7 nitrogen and oxygen atoms in total. The van der Waals surface area contributed by atoms with E-state index in [1.807, 2.05) is 48.2 Å². The van der Waals surface area contributed by atoms with Crippen molar-refractivity contribution in [3.05, 3.63) is 70.1 Å². The standard InChI is InChI=1S/C27H28ClN5O2S/c1-27(12-14-33(27)25(34)15-20-18-36-24-7-3-2-6-23(20)24)26(35)32(13-4-5-22-16-29-31-30-22)17-19-8-10-21(28)11-9-19/h2-3,6-11,18H,4-5,12-17H2,1H3. The number of hydrogen-bond donors (Lipinski definition) is 0. The third kappa shape index (κ3) is 5.06. The number of carbonyl (C=O) groups is 2. The molecule has 0 spiro atoms. The number of amides is 2. The van der Waals surface area contributed by atoms with Crippen LogP contribution in [-0.4, -0.2) is 52.5 Å². The molecule has 1 fully saturated rings. The van der Waals surface area contributed by atoms with Gasteiger partial charge in [0.1, 0.15) is 12.1 Å². The van der Waals surface area contributed by atoms with Gasteiger partial charge in [0.2, 0.25) is 11.8 Å². The Balaban J connectivity index is 1.30. The lowest BCUT2D eigenvalue weighted by Gasteiger charge is -2.51. The van der Waals surface area contributed by atoms with Crippen molar-refractivity contribution in [1.82, 2.24) is 9.80 Å². The quantitative estimate of drug-likeness (QED) is 0.361. The highest BCUT2D eigenvalue weighted by molar-refractivity contribution is 7.17. The number of thiophene rings is 1. The van der Waals surface area contributed by atoms with Gasteiger partial charge in [0.15, 0.2) is 0 Å². The average Bonchev–Trinajstić information content (AvgIpc) is 3.53. The maximum absolute atomic E-state index is 13.9. The van der Waals surface area contributed by atoms with Crippen LogP contribution in [0.5, 0.6) is 0 Å². The van der Waals surface area contributed by atoms with Crippen molar-refractivity contribution >= 4 is 50.5 Å². The largest absolute Gasteiger partial charge is 0.336 e. The Morgan fingerprint density at radius 3 is 2.69 bits per heavy atom. The molecule has 3 heterocycles. The highest BCUT2D eigenvalue weighted by Crippen LogP contribution is 2.35. The number of fused-ring (bicyclic) bond motifs is 1. The first kappa shape index (κ1) is 24.6. The Labute approximate surface area is 219 Å². The molecule has 1 atom stereocenters. The van der Waals surface area contributed by atoms with E-state index in [1.54, 1.807) is 16.2 Å². The molecule has 2 aromatic carbocycles. The zero-order valence-electron chi connectivity index (χ0n) is 20.2. The molecule has 1 unspecified atom stereocenters. The summed E-state index contributed by atoms with van der Waals surface area (Å²) in [6.07, 6.45) is 2.45. The van der Waals surface area contributed by atoms with Gasteiger partial charge >= 0.3 is 0 Å². The van der Waals surface area contributed by atoms with Crippen molar-refractivity contribution in [3.8, 4) is 0 Å². The molecule has 186 valence electrons. The first-order valence-corrected chi connectivity index (χ1v) is 13.4. The van der Waals surface area contributed by atoms with Crippen LogP contribution >= 0.6 is 22.9 Å². The minimum absolute atomic E-state index is 0.00405. The maximum atomic E-state index is 13.9. The van der Waals surface area contributed by atoms with Gasteiger partial charge in [-0.3, -0.25) is 9.59 Å². The van der Waals surface area contributed by atoms with E-state index in [1.165, 1.54) is 4.70 Å². The molecular formula is C27H28ClN5O2S. The number of rotatable bonds is 9. The molecule has 2 aliphatic rings. The predicted octanol–water partition coefficient (Wildman–Crippen LogP) is 5.72. The second-order valence-corrected chi connectivity index (χ2v) is 10.9. The van der Waals surface area contributed by atoms with Gasteiger partial charge in [-0.15, -0.1) is 16.4 Å². The first-order chi connectivity index (χ1) is 17.4.